The number of hydrogen-bond donors (Lipinski definition) is 1. The van der Waals surface area contributed by atoms with Crippen molar-refractivity contribution in [1.29, 1.82) is 0 Å². The fourth-order valence-corrected chi connectivity index (χ4v) is 3.17. The van der Waals surface area contributed by atoms with Crippen LogP contribution in [0.15, 0.2) is 94.1 Å². The van der Waals surface area contributed by atoms with E-state index < -0.39 is 6.10 Å². The summed E-state index contributed by atoms with van der Waals surface area (Å²) in [4.78, 5) is 25.7. The molecular weight excluding hydrogens is 378 g/mol. The maximum atomic E-state index is 13.1. The first-order valence-corrected chi connectivity index (χ1v) is 9.73. The molecule has 1 aromatic heterocycles. The number of fused-ring (bicyclic) bond motifs is 1. The second-order valence-corrected chi connectivity index (χ2v) is 6.92. The standard InChI is InChI=1S/C25H21NO4/c1-17(25(28)26-16-18-10-4-2-5-11-18)29-24-22(27)20-14-8-9-15-21(20)30-23(24)19-12-6-3-7-13-19/h2-15,17H,16H2,1H3,(H,26,28). The van der Waals surface area contributed by atoms with Crippen molar-refractivity contribution in [2.45, 2.75) is 19.6 Å². The molecule has 1 amide bonds. The predicted molar refractivity (Wildman–Crippen MR) is 116 cm³/mol. The highest BCUT2D eigenvalue weighted by Gasteiger charge is 2.22. The average Bonchev–Trinajstić information content (AvgIpc) is 2.80. The number of carbonyl (C=O) groups is 1. The molecule has 0 bridgehead atoms. The molecule has 1 heterocycles. The number of nitrogens with one attached hydrogen (secondary N) is 1. The zero-order chi connectivity index (χ0) is 20.9. The summed E-state index contributed by atoms with van der Waals surface area (Å²) < 4.78 is 11.9. The van der Waals surface area contributed by atoms with Crippen LogP contribution >= 0.6 is 0 Å². The van der Waals surface area contributed by atoms with E-state index in [0.29, 0.717) is 28.8 Å². The monoisotopic (exact) mass is 399 g/mol. The van der Waals surface area contributed by atoms with E-state index in [1.54, 1.807) is 31.2 Å². The van der Waals surface area contributed by atoms with Crippen molar-refractivity contribution in [1.82, 2.24) is 5.32 Å². The molecule has 1 N–H and O–H groups in total. The van der Waals surface area contributed by atoms with Crippen LogP contribution in [0.4, 0.5) is 0 Å². The lowest BCUT2D eigenvalue weighted by Crippen LogP contribution is -2.36. The third-order valence-corrected chi connectivity index (χ3v) is 4.77. The van der Waals surface area contributed by atoms with E-state index >= 15 is 0 Å². The summed E-state index contributed by atoms with van der Waals surface area (Å²) in [6, 6.07) is 25.8. The van der Waals surface area contributed by atoms with Gasteiger partial charge in [-0.25, -0.2) is 0 Å². The molecule has 0 spiro atoms. The van der Waals surface area contributed by atoms with Gasteiger partial charge in [-0.15, -0.1) is 0 Å². The van der Waals surface area contributed by atoms with Crippen LogP contribution in [0, 0.1) is 0 Å². The molecule has 0 aliphatic carbocycles. The fourth-order valence-electron chi connectivity index (χ4n) is 3.17. The van der Waals surface area contributed by atoms with E-state index in [4.69, 9.17) is 9.15 Å². The predicted octanol–water partition coefficient (Wildman–Crippen LogP) is 4.54. The van der Waals surface area contributed by atoms with Gasteiger partial charge in [0, 0.05) is 12.1 Å². The Balaban J connectivity index is 1.64. The lowest BCUT2D eigenvalue weighted by Gasteiger charge is -2.17. The van der Waals surface area contributed by atoms with E-state index in [9.17, 15) is 9.59 Å². The van der Waals surface area contributed by atoms with Crippen molar-refractivity contribution >= 4 is 16.9 Å². The van der Waals surface area contributed by atoms with Gasteiger partial charge in [0.15, 0.2) is 11.9 Å². The van der Waals surface area contributed by atoms with Gasteiger partial charge in [0.1, 0.15) is 5.58 Å². The Morgan fingerprint density at radius 1 is 0.933 bits per heavy atom. The molecule has 150 valence electrons. The van der Waals surface area contributed by atoms with Crippen molar-refractivity contribution < 1.29 is 13.9 Å². The summed E-state index contributed by atoms with van der Waals surface area (Å²) in [7, 11) is 0. The number of rotatable bonds is 6. The number of amides is 1. The SMILES string of the molecule is CC(Oc1c(-c2ccccc2)oc2ccccc2c1=O)C(=O)NCc1ccccc1. The molecule has 4 aromatic rings. The molecule has 0 saturated heterocycles. The lowest BCUT2D eigenvalue weighted by atomic mass is 10.1. The zero-order valence-corrected chi connectivity index (χ0v) is 16.5. The average molecular weight is 399 g/mol. The van der Waals surface area contributed by atoms with E-state index in [-0.39, 0.29) is 17.1 Å². The summed E-state index contributed by atoms with van der Waals surface area (Å²) in [5.74, 6) is 0.0229. The van der Waals surface area contributed by atoms with Crippen molar-refractivity contribution in [3.8, 4) is 17.1 Å². The highest BCUT2D eigenvalue weighted by Crippen LogP contribution is 2.31. The van der Waals surface area contributed by atoms with Crippen LogP contribution in [0.1, 0.15) is 12.5 Å². The van der Waals surface area contributed by atoms with E-state index in [0.717, 1.165) is 5.56 Å². The molecule has 0 saturated carbocycles. The minimum atomic E-state index is -0.875. The molecule has 30 heavy (non-hydrogen) atoms. The second kappa shape index (κ2) is 8.66. The maximum Gasteiger partial charge on any atom is 0.261 e. The van der Waals surface area contributed by atoms with Crippen LogP contribution < -0.4 is 15.5 Å². The van der Waals surface area contributed by atoms with Crippen molar-refractivity contribution in [2.24, 2.45) is 0 Å². The molecule has 4 rings (SSSR count). The Bertz CT molecular complexity index is 1220. The number of hydrogen-bond acceptors (Lipinski definition) is 4. The van der Waals surface area contributed by atoms with Crippen LogP contribution in [-0.4, -0.2) is 12.0 Å². The van der Waals surface area contributed by atoms with Gasteiger partial charge < -0.3 is 14.5 Å². The Kier molecular flexibility index (Phi) is 5.61. The third-order valence-electron chi connectivity index (χ3n) is 4.77. The molecule has 0 radical (unpaired) electrons. The Morgan fingerprint density at radius 3 is 2.30 bits per heavy atom. The quantitative estimate of drug-likeness (QED) is 0.517. The molecular formula is C25H21NO4. The first kappa shape index (κ1) is 19.5. The first-order valence-electron chi connectivity index (χ1n) is 9.73. The van der Waals surface area contributed by atoms with E-state index in [1.807, 2.05) is 60.7 Å². The van der Waals surface area contributed by atoms with Crippen LogP contribution in [-0.2, 0) is 11.3 Å². The summed E-state index contributed by atoms with van der Waals surface area (Å²) in [5, 5.41) is 3.24. The first-order chi connectivity index (χ1) is 14.6. The van der Waals surface area contributed by atoms with Gasteiger partial charge in [-0.1, -0.05) is 72.8 Å². The van der Waals surface area contributed by atoms with Crippen LogP contribution in [0.3, 0.4) is 0 Å². The minimum absolute atomic E-state index is 0.0299. The van der Waals surface area contributed by atoms with Gasteiger partial charge in [-0.05, 0) is 24.6 Å². The summed E-state index contributed by atoms with van der Waals surface area (Å²) in [6.07, 6.45) is -0.875. The van der Waals surface area contributed by atoms with E-state index in [2.05, 4.69) is 5.32 Å². The zero-order valence-electron chi connectivity index (χ0n) is 16.5. The number of para-hydroxylation sites is 1. The molecule has 5 nitrogen and oxygen atoms in total. The van der Waals surface area contributed by atoms with Gasteiger partial charge >= 0.3 is 0 Å². The molecule has 5 heteroatoms. The number of carbonyl (C=O) groups excluding carboxylic acids is 1. The van der Waals surface area contributed by atoms with Gasteiger partial charge in [-0.2, -0.15) is 0 Å². The van der Waals surface area contributed by atoms with Crippen molar-refractivity contribution in [3.05, 3.63) is 101 Å². The molecule has 0 fully saturated rings. The Labute approximate surface area is 173 Å². The summed E-state index contributed by atoms with van der Waals surface area (Å²) in [6.45, 7) is 2.00. The van der Waals surface area contributed by atoms with Crippen LogP contribution in [0.5, 0.6) is 5.75 Å². The smallest absolute Gasteiger partial charge is 0.261 e. The summed E-state index contributed by atoms with van der Waals surface area (Å²) in [5.41, 5.74) is 1.84. The highest BCUT2D eigenvalue weighted by molar-refractivity contribution is 5.83. The Morgan fingerprint density at radius 2 is 1.57 bits per heavy atom. The summed E-state index contributed by atoms with van der Waals surface area (Å²) >= 11 is 0. The molecule has 3 aromatic carbocycles. The van der Waals surface area contributed by atoms with Crippen LogP contribution in [0.2, 0.25) is 0 Å². The second-order valence-electron chi connectivity index (χ2n) is 6.92. The molecule has 1 unspecified atom stereocenters. The largest absolute Gasteiger partial charge is 0.473 e. The third kappa shape index (κ3) is 4.10. The topological polar surface area (TPSA) is 68.5 Å². The number of ether oxygens (including phenoxy) is 1. The maximum absolute atomic E-state index is 13.1. The van der Waals surface area contributed by atoms with Crippen molar-refractivity contribution in [2.75, 3.05) is 0 Å². The van der Waals surface area contributed by atoms with Gasteiger partial charge in [-0.3, -0.25) is 9.59 Å². The number of benzene rings is 3. The van der Waals surface area contributed by atoms with E-state index in [1.165, 1.54) is 0 Å². The van der Waals surface area contributed by atoms with Crippen LogP contribution in [0.25, 0.3) is 22.3 Å². The molecule has 1 atom stereocenters. The molecule has 0 aliphatic heterocycles. The highest BCUT2D eigenvalue weighted by atomic mass is 16.5. The fraction of sp³-hybridized carbons (Fsp3) is 0.120. The lowest BCUT2D eigenvalue weighted by molar-refractivity contribution is -0.127. The minimum Gasteiger partial charge on any atom is -0.473 e. The normalized spacial score (nSPS) is 11.8. The molecule has 0 aliphatic rings. The van der Waals surface area contributed by atoms with Gasteiger partial charge in [0.25, 0.3) is 5.91 Å². The Hall–Kier alpha value is -3.86. The van der Waals surface area contributed by atoms with Gasteiger partial charge in [0.05, 0.1) is 5.39 Å². The van der Waals surface area contributed by atoms with Gasteiger partial charge in [0.2, 0.25) is 11.2 Å². The van der Waals surface area contributed by atoms with Crippen molar-refractivity contribution in [3.63, 3.8) is 0 Å².